The SMILES string of the molecule is CNc1cc(CNC(=O)c2cn3c(=O)n(Cc4ccc(F)c(Br)c4)c(=O)c(C)c3s2)ccn1. The van der Waals surface area contributed by atoms with Gasteiger partial charge < -0.3 is 10.6 Å². The highest BCUT2D eigenvalue weighted by Crippen LogP contribution is 2.20. The molecule has 0 aliphatic carbocycles. The minimum atomic E-state index is -0.566. The maximum atomic E-state index is 13.5. The molecule has 0 saturated heterocycles. The zero-order valence-electron chi connectivity index (χ0n) is 17.7. The van der Waals surface area contributed by atoms with Crippen molar-refractivity contribution >= 4 is 43.8 Å². The molecular weight excluding hydrogens is 513 g/mol. The van der Waals surface area contributed by atoms with Crippen molar-refractivity contribution in [2.75, 3.05) is 12.4 Å². The second kappa shape index (κ2) is 9.28. The summed E-state index contributed by atoms with van der Waals surface area (Å²) in [4.78, 5) is 43.5. The summed E-state index contributed by atoms with van der Waals surface area (Å²) < 4.78 is 16.2. The van der Waals surface area contributed by atoms with E-state index in [0.29, 0.717) is 26.7 Å². The number of amides is 1. The highest BCUT2D eigenvalue weighted by atomic mass is 79.9. The molecule has 0 atom stereocenters. The topological polar surface area (TPSA) is 97.5 Å². The lowest BCUT2D eigenvalue weighted by Gasteiger charge is -2.08. The van der Waals surface area contributed by atoms with Crippen molar-refractivity contribution in [2.45, 2.75) is 20.0 Å². The monoisotopic (exact) mass is 531 g/mol. The average Bonchev–Trinajstić information content (AvgIpc) is 3.27. The van der Waals surface area contributed by atoms with Crippen molar-refractivity contribution in [1.29, 1.82) is 0 Å². The molecule has 8 nitrogen and oxygen atoms in total. The molecule has 0 fully saturated rings. The van der Waals surface area contributed by atoms with Gasteiger partial charge in [-0.1, -0.05) is 6.07 Å². The van der Waals surface area contributed by atoms with Crippen LogP contribution in [0.15, 0.2) is 56.8 Å². The van der Waals surface area contributed by atoms with Crippen molar-refractivity contribution in [3.63, 3.8) is 0 Å². The average molecular weight is 532 g/mol. The molecule has 4 rings (SSSR count). The highest BCUT2D eigenvalue weighted by Gasteiger charge is 2.18. The maximum absolute atomic E-state index is 13.5. The van der Waals surface area contributed by atoms with Crippen LogP contribution >= 0.6 is 27.3 Å². The normalized spacial score (nSPS) is 11.0. The zero-order valence-corrected chi connectivity index (χ0v) is 20.1. The van der Waals surface area contributed by atoms with Gasteiger partial charge in [-0.2, -0.15) is 0 Å². The van der Waals surface area contributed by atoms with Gasteiger partial charge in [-0.15, -0.1) is 11.3 Å². The molecule has 3 aromatic heterocycles. The lowest BCUT2D eigenvalue weighted by atomic mass is 10.2. The summed E-state index contributed by atoms with van der Waals surface area (Å²) in [7, 11) is 1.76. The minimum absolute atomic E-state index is 0.0203. The van der Waals surface area contributed by atoms with Crippen LogP contribution in [-0.4, -0.2) is 26.9 Å². The Labute approximate surface area is 199 Å². The van der Waals surface area contributed by atoms with Crippen LogP contribution in [0, 0.1) is 12.7 Å². The molecular formula is C22H19BrFN5O3S. The number of carbonyl (C=O) groups is 1. The van der Waals surface area contributed by atoms with E-state index < -0.39 is 17.1 Å². The molecule has 0 unspecified atom stereocenters. The number of nitrogens with one attached hydrogen (secondary N) is 2. The van der Waals surface area contributed by atoms with Gasteiger partial charge in [0.1, 0.15) is 21.3 Å². The predicted octanol–water partition coefficient (Wildman–Crippen LogP) is 3.15. The smallest absolute Gasteiger partial charge is 0.336 e. The van der Waals surface area contributed by atoms with E-state index in [0.717, 1.165) is 21.5 Å². The van der Waals surface area contributed by atoms with E-state index in [1.807, 2.05) is 6.07 Å². The molecule has 4 aromatic rings. The second-order valence-electron chi connectivity index (χ2n) is 7.30. The number of benzene rings is 1. The van der Waals surface area contributed by atoms with Gasteiger partial charge in [-0.3, -0.25) is 18.6 Å². The fourth-order valence-electron chi connectivity index (χ4n) is 3.32. The number of thiazole rings is 1. The zero-order chi connectivity index (χ0) is 23.7. The van der Waals surface area contributed by atoms with E-state index >= 15 is 0 Å². The Hall–Kier alpha value is -3.31. The summed E-state index contributed by atoms with van der Waals surface area (Å²) in [6.07, 6.45) is 3.08. The Bertz CT molecular complexity index is 1490. The molecule has 0 radical (unpaired) electrons. The van der Waals surface area contributed by atoms with Crippen LogP contribution in [0.25, 0.3) is 4.83 Å². The molecule has 0 aliphatic rings. The van der Waals surface area contributed by atoms with Crippen LogP contribution < -0.4 is 21.9 Å². The first-order valence-electron chi connectivity index (χ1n) is 9.89. The molecule has 0 saturated carbocycles. The number of pyridine rings is 1. The first-order chi connectivity index (χ1) is 15.8. The Balaban J connectivity index is 1.64. The summed E-state index contributed by atoms with van der Waals surface area (Å²) in [6.45, 7) is 1.88. The summed E-state index contributed by atoms with van der Waals surface area (Å²) in [5.41, 5.74) is 0.790. The highest BCUT2D eigenvalue weighted by molar-refractivity contribution is 9.10. The van der Waals surface area contributed by atoms with E-state index in [-0.39, 0.29) is 23.5 Å². The molecule has 1 amide bonds. The molecule has 11 heteroatoms. The lowest BCUT2D eigenvalue weighted by Crippen LogP contribution is -2.38. The van der Waals surface area contributed by atoms with Gasteiger partial charge in [0.2, 0.25) is 0 Å². The molecule has 0 spiro atoms. The molecule has 3 heterocycles. The largest absolute Gasteiger partial charge is 0.373 e. The fraction of sp³-hybridized carbons (Fsp3) is 0.182. The third-order valence-corrected chi connectivity index (χ3v) is 6.89. The molecule has 33 heavy (non-hydrogen) atoms. The lowest BCUT2D eigenvalue weighted by molar-refractivity contribution is 0.0954. The summed E-state index contributed by atoms with van der Waals surface area (Å²) in [5.74, 6) is -0.102. The number of hydrogen-bond donors (Lipinski definition) is 2. The molecule has 0 bridgehead atoms. The molecule has 2 N–H and O–H groups in total. The number of halogens is 2. The summed E-state index contributed by atoms with van der Waals surface area (Å²) >= 11 is 4.19. The number of nitrogens with zero attached hydrogens (tertiary/aromatic N) is 3. The van der Waals surface area contributed by atoms with Gasteiger partial charge in [0.05, 0.1) is 11.0 Å². The van der Waals surface area contributed by atoms with Crippen LogP contribution in [0.4, 0.5) is 10.2 Å². The second-order valence-corrected chi connectivity index (χ2v) is 9.18. The van der Waals surface area contributed by atoms with Gasteiger partial charge in [-0.25, -0.2) is 14.2 Å². The first-order valence-corrected chi connectivity index (χ1v) is 11.5. The van der Waals surface area contributed by atoms with Gasteiger partial charge in [0, 0.05) is 31.5 Å². The molecule has 0 aliphatic heterocycles. The van der Waals surface area contributed by atoms with Gasteiger partial charge >= 0.3 is 5.69 Å². The minimum Gasteiger partial charge on any atom is -0.373 e. The molecule has 170 valence electrons. The number of carbonyl (C=O) groups excluding carboxylic acids is 1. The Morgan fingerprint density at radius 1 is 1.21 bits per heavy atom. The Kier molecular flexibility index (Phi) is 6.43. The van der Waals surface area contributed by atoms with E-state index in [9.17, 15) is 18.8 Å². The maximum Gasteiger partial charge on any atom is 0.336 e. The van der Waals surface area contributed by atoms with Crippen LogP contribution in [0.2, 0.25) is 0 Å². The molecule has 1 aromatic carbocycles. The number of fused-ring (bicyclic) bond motifs is 1. The third kappa shape index (κ3) is 4.60. The van der Waals surface area contributed by atoms with Gasteiger partial charge in [0.25, 0.3) is 11.5 Å². The predicted molar refractivity (Wildman–Crippen MR) is 129 cm³/mol. The van der Waals surface area contributed by atoms with Crippen molar-refractivity contribution < 1.29 is 9.18 Å². The number of hydrogen-bond acceptors (Lipinski definition) is 6. The van der Waals surface area contributed by atoms with Crippen LogP contribution in [-0.2, 0) is 13.1 Å². The van der Waals surface area contributed by atoms with Gasteiger partial charge in [0.15, 0.2) is 0 Å². The van der Waals surface area contributed by atoms with E-state index in [4.69, 9.17) is 0 Å². The van der Waals surface area contributed by atoms with Crippen molar-refractivity contribution in [3.05, 3.63) is 95.4 Å². The summed E-state index contributed by atoms with van der Waals surface area (Å²) in [5, 5.41) is 5.76. The number of anilines is 1. The van der Waals surface area contributed by atoms with E-state index in [2.05, 4.69) is 31.5 Å². The number of aryl methyl sites for hydroxylation is 1. The fourth-order valence-corrected chi connectivity index (χ4v) is 4.75. The Morgan fingerprint density at radius 2 is 2.00 bits per heavy atom. The van der Waals surface area contributed by atoms with Crippen molar-refractivity contribution in [3.8, 4) is 0 Å². The van der Waals surface area contributed by atoms with E-state index in [1.165, 1.54) is 28.8 Å². The van der Waals surface area contributed by atoms with Crippen LogP contribution in [0.1, 0.15) is 26.4 Å². The Morgan fingerprint density at radius 3 is 2.73 bits per heavy atom. The van der Waals surface area contributed by atoms with Crippen LogP contribution in [0.5, 0.6) is 0 Å². The summed E-state index contributed by atoms with van der Waals surface area (Å²) in [6, 6.07) is 7.92. The van der Waals surface area contributed by atoms with E-state index in [1.54, 1.807) is 26.2 Å². The van der Waals surface area contributed by atoms with Gasteiger partial charge in [-0.05, 0) is 58.2 Å². The van der Waals surface area contributed by atoms with Crippen molar-refractivity contribution in [2.24, 2.45) is 0 Å². The van der Waals surface area contributed by atoms with Crippen molar-refractivity contribution in [1.82, 2.24) is 19.3 Å². The quantitative estimate of drug-likeness (QED) is 0.398. The number of rotatable bonds is 6. The standard InChI is InChI=1S/C22H19BrFN5O3S/c1-12-20(31)28(10-14-3-4-16(24)15(23)7-14)22(32)29-11-17(33-21(12)29)19(30)27-9-13-5-6-26-18(8-13)25-2/h3-8,11H,9-10H2,1-2H3,(H,25,26)(H,27,30). The first kappa shape index (κ1) is 22.9. The van der Waals surface area contributed by atoms with Crippen LogP contribution in [0.3, 0.4) is 0 Å². The number of aromatic nitrogens is 3. The third-order valence-electron chi connectivity index (χ3n) is 5.08.